The van der Waals surface area contributed by atoms with Crippen LogP contribution < -0.4 is 39.6 Å². The highest BCUT2D eigenvalue weighted by Crippen LogP contribution is 2.45. The van der Waals surface area contributed by atoms with Crippen LogP contribution in [0.3, 0.4) is 0 Å². The van der Waals surface area contributed by atoms with Gasteiger partial charge in [0.15, 0.2) is 28.8 Å². The minimum Gasteiger partial charge on any atom is -0.493 e. The fourth-order valence-corrected chi connectivity index (χ4v) is 10.5. The Morgan fingerprint density at radius 1 is 0.702 bits per heavy atom. The number of unbranched alkanes of at least 4 members (excludes halogenated alkanes) is 2. The van der Waals surface area contributed by atoms with Crippen molar-refractivity contribution in [3.63, 3.8) is 0 Å². The van der Waals surface area contributed by atoms with Crippen molar-refractivity contribution in [2.45, 2.75) is 103 Å². The molecule has 21 nitrogen and oxygen atoms in total. The Morgan fingerprint density at radius 3 is 1.92 bits per heavy atom. The molecule has 0 aromatic heterocycles. The first-order valence-electron chi connectivity index (χ1n) is 28.2. The molecule has 6 aliphatic rings. The fraction of sp³-hybridized carbons (Fsp3) is 0.365. The number of hydrogen-bond donors (Lipinski definition) is 3. The van der Waals surface area contributed by atoms with E-state index in [1.807, 2.05) is 36.8 Å². The molecular formula is C63H65N9O12. The molecule has 7 amide bonds. The summed E-state index contributed by atoms with van der Waals surface area (Å²) in [5, 5.41) is 17.3. The minimum absolute atomic E-state index is 0.0969. The van der Waals surface area contributed by atoms with Gasteiger partial charge in [-0.3, -0.25) is 48.4 Å². The van der Waals surface area contributed by atoms with Crippen molar-refractivity contribution in [2.75, 3.05) is 39.3 Å². The Bertz CT molecular complexity index is 3490. The van der Waals surface area contributed by atoms with Crippen LogP contribution in [-0.4, -0.2) is 127 Å². The average Bonchev–Trinajstić information content (AvgIpc) is 3.77. The van der Waals surface area contributed by atoms with Crippen LogP contribution in [0.1, 0.15) is 110 Å². The number of amides is 7. The first kappa shape index (κ1) is 57.6. The lowest BCUT2D eigenvalue weighted by molar-refractivity contribution is -0.138. The van der Waals surface area contributed by atoms with Gasteiger partial charge in [-0.1, -0.05) is 32.4 Å². The number of imide groups is 1. The topological polar surface area (TPSA) is 260 Å². The quantitative estimate of drug-likeness (QED) is 0.0443. The number of hydrogen-bond acceptors (Lipinski definition) is 15. The summed E-state index contributed by atoms with van der Waals surface area (Å²) in [6.07, 6.45) is 14.2. The molecule has 5 aliphatic heterocycles. The molecule has 0 bridgehead atoms. The molecule has 21 heteroatoms. The number of aliphatic imine (C=N–C) groups is 2. The lowest BCUT2D eigenvalue weighted by Gasteiger charge is -2.24. The third-order valence-corrected chi connectivity index (χ3v) is 15.4. The molecule has 3 N–H and O–H groups in total. The first-order valence-corrected chi connectivity index (χ1v) is 28.2. The summed E-state index contributed by atoms with van der Waals surface area (Å²) in [4.78, 5) is 107. The highest BCUT2D eigenvalue weighted by molar-refractivity contribution is 6.15. The summed E-state index contributed by atoms with van der Waals surface area (Å²) in [5.74, 6) is -0.604. The van der Waals surface area contributed by atoms with E-state index in [2.05, 4.69) is 16.0 Å². The van der Waals surface area contributed by atoms with E-state index < -0.39 is 35.7 Å². The molecular weight excluding hydrogens is 1070 g/mol. The second-order valence-electron chi connectivity index (χ2n) is 21.7. The zero-order valence-electron chi connectivity index (χ0n) is 47.3. The zero-order valence-corrected chi connectivity index (χ0v) is 47.3. The van der Waals surface area contributed by atoms with Gasteiger partial charge in [0.1, 0.15) is 17.8 Å². The number of rotatable bonds is 24. The number of nitrogens with zero attached hydrogens (tertiary/aromatic N) is 6. The van der Waals surface area contributed by atoms with E-state index in [9.17, 15) is 33.6 Å². The predicted molar refractivity (Wildman–Crippen MR) is 310 cm³/mol. The largest absolute Gasteiger partial charge is 0.493 e. The maximum Gasteiger partial charge on any atom is 0.296 e. The van der Waals surface area contributed by atoms with Crippen LogP contribution in [0.2, 0.25) is 0 Å². The molecule has 3 unspecified atom stereocenters. The molecule has 434 valence electrons. The summed E-state index contributed by atoms with van der Waals surface area (Å²) in [6, 6.07) is 19.8. The van der Waals surface area contributed by atoms with E-state index in [-0.39, 0.29) is 67.7 Å². The first-order chi connectivity index (χ1) is 40.6. The molecule has 5 heterocycles. The molecule has 0 spiro atoms. The van der Waals surface area contributed by atoms with Gasteiger partial charge in [0.2, 0.25) is 17.7 Å². The maximum absolute atomic E-state index is 14.1. The lowest BCUT2D eigenvalue weighted by Crippen LogP contribution is -2.53. The molecule has 0 saturated heterocycles. The number of anilines is 1. The minimum atomic E-state index is -0.952. The Kier molecular flexibility index (Phi) is 17.3. The van der Waals surface area contributed by atoms with Crippen LogP contribution in [0.25, 0.3) is 5.57 Å². The van der Waals surface area contributed by atoms with Gasteiger partial charge in [0, 0.05) is 68.5 Å². The highest BCUT2D eigenvalue weighted by Gasteiger charge is 2.39. The van der Waals surface area contributed by atoms with Gasteiger partial charge in [0.05, 0.1) is 79.7 Å². The summed E-state index contributed by atoms with van der Waals surface area (Å²) < 4.78 is 29.2. The molecule has 0 radical (unpaired) electrons. The van der Waals surface area contributed by atoms with Crippen LogP contribution in [-0.2, 0) is 24.0 Å². The fourth-order valence-electron chi connectivity index (χ4n) is 10.5. The van der Waals surface area contributed by atoms with Crippen molar-refractivity contribution in [2.24, 2.45) is 21.8 Å². The molecule has 4 aromatic carbocycles. The zero-order chi connectivity index (χ0) is 59.2. The van der Waals surface area contributed by atoms with Crippen molar-refractivity contribution >= 4 is 76.4 Å². The highest BCUT2D eigenvalue weighted by atomic mass is 16.5. The number of methoxy groups -OCH3 is 2. The second kappa shape index (κ2) is 25.3. The maximum atomic E-state index is 14.1. The van der Waals surface area contributed by atoms with E-state index in [0.29, 0.717) is 101 Å². The molecule has 10 rings (SSSR count). The summed E-state index contributed by atoms with van der Waals surface area (Å²) in [5.41, 5.74) is 5.73. The van der Waals surface area contributed by atoms with Crippen LogP contribution in [0.5, 0.6) is 28.7 Å². The summed E-state index contributed by atoms with van der Waals surface area (Å²) in [7, 11) is 3.04. The number of benzene rings is 4. The van der Waals surface area contributed by atoms with Gasteiger partial charge in [-0.15, -0.1) is 0 Å². The second-order valence-corrected chi connectivity index (χ2v) is 21.7. The van der Waals surface area contributed by atoms with E-state index in [4.69, 9.17) is 38.9 Å². The van der Waals surface area contributed by atoms with E-state index in [1.54, 1.807) is 85.3 Å². The molecule has 1 aliphatic carbocycles. The van der Waals surface area contributed by atoms with Crippen molar-refractivity contribution < 1.29 is 57.2 Å². The van der Waals surface area contributed by atoms with Gasteiger partial charge in [-0.25, -0.2) is 0 Å². The Labute approximate surface area is 486 Å². The third kappa shape index (κ3) is 12.9. The van der Waals surface area contributed by atoms with Gasteiger partial charge < -0.3 is 49.4 Å². The number of carbonyl (C=O) groups is 7. The number of carbonyl (C=O) groups excluding carboxylic acids is 7. The van der Waals surface area contributed by atoms with Crippen LogP contribution >= 0.6 is 0 Å². The normalized spacial score (nSPS) is 18.2. The molecule has 4 atom stereocenters. The summed E-state index contributed by atoms with van der Waals surface area (Å²) in [6.45, 7) is 5.79. The van der Waals surface area contributed by atoms with Crippen molar-refractivity contribution in [1.82, 2.24) is 25.3 Å². The Balaban J connectivity index is 0.657. The average molecular weight is 1140 g/mol. The van der Waals surface area contributed by atoms with E-state index >= 15 is 0 Å². The summed E-state index contributed by atoms with van der Waals surface area (Å²) >= 11 is 0. The predicted octanol–water partition coefficient (Wildman–Crippen LogP) is 8.10. The molecule has 1 fully saturated rings. The number of ether oxygens (including phenoxy) is 5. The Hall–Kier alpha value is -9.58. The number of nitriles is 1. The molecule has 4 aromatic rings. The standard InChI is InChI=1S/C63H65N9O12/c1-36(2)58(69-56(73)10-7-6-8-21-70-57(74)30-55(63(70)79)84-46-19-11-38(31-64)12-20-46)60(76)67-37(3)59(75)68-43-17-15-40(16-18-43)42-25-45-33-66-50-29-54(52(81-5)27-48(50)62(78)72(45)35-42)83-23-9-22-82-53-28-49-47(26-51(53)80-4)61(77)71-34-41(39-13-14-39)24-44(71)32-65-49/h11-12,15-20,26-30,32-37,39,44-45,58H,6-10,13-14,21-25H2,1-5H3,(H,67,76)(H,68,75)(H,69,73)/t37?,44?,45-,58?/m1/s1. The Morgan fingerprint density at radius 2 is 1.32 bits per heavy atom. The third-order valence-electron chi connectivity index (χ3n) is 15.4. The number of nitrogens with one attached hydrogen (secondary N) is 3. The van der Waals surface area contributed by atoms with Gasteiger partial charge in [-0.05, 0) is 116 Å². The molecule has 1 saturated carbocycles. The van der Waals surface area contributed by atoms with E-state index in [0.717, 1.165) is 28.5 Å². The monoisotopic (exact) mass is 1140 g/mol. The van der Waals surface area contributed by atoms with Crippen LogP contribution in [0.4, 0.5) is 17.1 Å². The van der Waals surface area contributed by atoms with Gasteiger partial charge >= 0.3 is 0 Å². The van der Waals surface area contributed by atoms with Crippen LogP contribution in [0, 0.1) is 23.2 Å². The van der Waals surface area contributed by atoms with Crippen molar-refractivity contribution in [1.29, 1.82) is 5.26 Å². The number of fused-ring (bicyclic) bond motifs is 4. The molecule has 84 heavy (non-hydrogen) atoms. The van der Waals surface area contributed by atoms with E-state index in [1.165, 1.54) is 44.8 Å². The smallest absolute Gasteiger partial charge is 0.296 e. The van der Waals surface area contributed by atoms with Gasteiger partial charge in [0.25, 0.3) is 23.6 Å². The van der Waals surface area contributed by atoms with Crippen LogP contribution in [0.15, 0.2) is 113 Å². The van der Waals surface area contributed by atoms with Crippen molar-refractivity contribution in [3.8, 4) is 34.8 Å². The lowest BCUT2D eigenvalue weighted by atomic mass is 10.0. The van der Waals surface area contributed by atoms with Crippen molar-refractivity contribution in [3.05, 3.63) is 125 Å². The SMILES string of the molecule is COc1cc2c(cc1OCCCOc1cc3c(cc1OC)C(=O)N1C=C(c4ccc(NC(=O)C(C)NC(=O)C(NC(=O)CCCCCN5C(=O)C=C(Oc6ccc(C#N)cc6)C5=O)C(C)C)cc4)C[C@@H]1C=N3)N=CC1CC(C3CC3)=CN1C2=O. The van der Waals surface area contributed by atoms with Gasteiger partial charge in [-0.2, -0.15) is 5.26 Å².